The van der Waals surface area contributed by atoms with Crippen molar-refractivity contribution in [1.29, 1.82) is 0 Å². The van der Waals surface area contributed by atoms with E-state index in [2.05, 4.69) is 0 Å². The van der Waals surface area contributed by atoms with Gasteiger partial charge in [0.15, 0.2) is 0 Å². The minimum absolute atomic E-state index is 0.177. The lowest BCUT2D eigenvalue weighted by atomic mass is 9.78. The average Bonchev–Trinajstić information content (AvgIpc) is 2.85. The van der Waals surface area contributed by atoms with Gasteiger partial charge in [-0.1, -0.05) is 38.1 Å². The van der Waals surface area contributed by atoms with Gasteiger partial charge in [-0.15, -0.1) is 0 Å². The van der Waals surface area contributed by atoms with Crippen molar-refractivity contribution in [2.45, 2.75) is 38.8 Å². The Morgan fingerprint density at radius 2 is 0.686 bits per heavy atom. The van der Waals surface area contributed by atoms with Crippen LogP contribution in [0.3, 0.4) is 0 Å². The van der Waals surface area contributed by atoms with Crippen molar-refractivity contribution in [3.63, 3.8) is 0 Å². The maximum Gasteiger partial charge on any atom is 0.206 e. The van der Waals surface area contributed by atoms with E-state index in [1.807, 2.05) is 13.8 Å². The number of hydrogen-bond donors (Lipinski definition) is 2. The summed E-state index contributed by atoms with van der Waals surface area (Å²) in [5, 5.41) is 0. The van der Waals surface area contributed by atoms with E-state index >= 15 is 0 Å². The van der Waals surface area contributed by atoms with Gasteiger partial charge in [-0.3, -0.25) is 0 Å². The molecule has 0 aromatic heterocycles. The molecule has 4 aromatic carbocycles. The van der Waals surface area contributed by atoms with Gasteiger partial charge in [-0.2, -0.15) is 0 Å². The van der Waals surface area contributed by atoms with Crippen molar-refractivity contribution in [3.05, 3.63) is 108 Å². The Morgan fingerprint density at radius 3 is 0.943 bits per heavy atom. The zero-order chi connectivity index (χ0) is 25.4. The van der Waals surface area contributed by atoms with E-state index in [-0.39, 0.29) is 19.6 Å². The third-order valence-electron chi connectivity index (χ3n) is 6.15. The van der Waals surface area contributed by atoms with E-state index in [0.717, 1.165) is 11.1 Å². The second-order valence-corrected chi connectivity index (χ2v) is 12.7. The van der Waals surface area contributed by atoms with Crippen molar-refractivity contribution < 1.29 is 16.8 Å². The van der Waals surface area contributed by atoms with Crippen LogP contribution in [-0.4, -0.2) is 16.8 Å². The van der Waals surface area contributed by atoms with Gasteiger partial charge in [0, 0.05) is 16.8 Å². The summed E-state index contributed by atoms with van der Waals surface area (Å²) in [6.07, 6.45) is 0. The summed E-state index contributed by atoms with van der Waals surface area (Å²) in [6.45, 7) is 4.00. The first-order valence-corrected chi connectivity index (χ1v) is 13.8. The molecular weight excluding hydrogens is 480 g/mol. The molecule has 4 rings (SSSR count). The Labute approximate surface area is 206 Å². The molecule has 0 aliphatic rings. The molecule has 0 aliphatic carbocycles. The quantitative estimate of drug-likeness (QED) is 0.361. The van der Waals surface area contributed by atoms with E-state index in [4.69, 9.17) is 11.5 Å². The van der Waals surface area contributed by atoms with Gasteiger partial charge in [0.1, 0.15) is 0 Å². The fourth-order valence-corrected chi connectivity index (χ4v) is 6.36. The van der Waals surface area contributed by atoms with Gasteiger partial charge in [-0.25, -0.2) is 16.8 Å². The van der Waals surface area contributed by atoms with E-state index in [0.29, 0.717) is 11.4 Å². The molecule has 35 heavy (non-hydrogen) atoms. The molecule has 0 fully saturated rings. The highest BCUT2D eigenvalue weighted by atomic mass is 32.2. The number of benzene rings is 4. The van der Waals surface area contributed by atoms with Crippen LogP contribution >= 0.6 is 0 Å². The number of nitrogen functional groups attached to an aromatic ring is 2. The van der Waals surface area contributed by atoms with Gasteiger partial charge < -0.3 is 11.5 Å². The predicted molar refractivity (Wildman–Crippen MR) is 138 cm³/mol. The molecule has 0 radical (unpaired) electrons. The molecule has 8 heteroatoms. The molecule has 0 aliphatic heterocycles. The molecule has 0 spiro atoms. The molecular formula is C27H26N2O4S2. The Morgan fingerprint density at radius 1 is 0.457 bits per heavy atom. The summed E-state index contributed by atoms with van der Waals surface area (Å²) in [5.74, 6) is 0. The van der Waals surface area contributed by atoms with Gasteiger partial charge >= 0.3 is 0 Å². The fourth-order valence-electron chi connectivity index (χ4n) is 3.83. The van der Waals surface area contributed by atoms with Crippen LogP contribution in [0.15, 0.2) is 117 Å². The van der Waals surface area contributed by atoms with Gasteiger partial charge in [-0.05, 0) is 83.9 Å². The van der Waals surface area contributed by atoms with Crippen LogP contribution in [0.25, 0.3) is 0 Å². The number of sulfone groups is 2. The molecule has 0 atom stereocenters. The molecule has 180 valence electrons. The van der Waals surface area contributed by atoms with Crippen molar-refractivity contribution in [1.82, 2.24) is 0 Å². The van der Waals surface area contributed by atoms with Crippen LogP contribution < -0.4 is 11.5 Å². The SMILES string of the molecule is CC(C)(c1ccc(S(=O)(=O)c2ccc(N)cc2)cc1)c1ccc(S(=O)(=O)c2ccc(N)cc2)cc1. The second-order valence-electron chi connectivity index (χ2n) is 8.82. The normalized spacial score (nSPS) is 12.4. The minimum Gasteiger partial charge on any atom is -0.399 e. The van der Waals surface area contributed by atoms with E-state index in [1.165, 1.54) is 24.3 Å². The van der Waals surface area contributed by atoms with E-state index < -0.39 is 25.1 Å². The van der Waals surface area contributed by atoms with Crippen LogP contribution in [0.4, 0.5) is 11.4 Å². The third kappa shape index (κ3) is 4.67. The number of hydrogen-bond acceptors (Lipinski definition) is 6. The Kier molecular flexibility index (Phi) is 6.21. The third-order valence-corrected chi connectivity index (χ3v) is 9.72. The zero-order valence-electron chi connectivity index (χ0n) is 19.3. The van der Waals surface area contributed by atoms with Crippen LogP contribution in [0.1, 0.15) is 25.0 Å². The van der Waals surface area contributed by atoms with Gasteiger partial charge in [0.2, 0.25) is 19.7 Å². The molecule has 0 heterocycles. The lowest BCUT2D eigenvalue weighted by Gasteiger charge is -2.26. The standard InChI is InChI=1S/C27H26N2O4S2/c1-27(2,19-3-11-23(12-4-19)34(30,31)25-15-7-21(28)8-16-25)20-5-13-24(14-6-20)35(32,33)26-17-9-22(29)10-18-26/h3-18H,28-29H2,1-2H3. The smallest absolute Gasteiger partial charge is 0.206 e. The number of rotatable bonds is 6. The van der Waals surface area contributed by atoms with Crippen LogP contribution in [0.2, 0.25) is 0 Å². The monoisotopic (exact) mass is 506 g/mol. The Balaban J connectivity index is 1.61. The van der Waals surface area contributed by atoms with Gasteiger partial charge in [0.05, 0.1) is 19.6 Å². The van der Waals surface area contributed by atoms with Crippen molar-refractivity contribution in [2.75, 3.05) is 11.5 Å². The topological polar surface area (TPSA) is 120 Å². The number of anilines is 2. The summed E-state index contributed by atoms with van der Waals surface area (Å²) in [5.41, 5.74) is 13.6. The zero-order valence-corrected chi connectivity index (χ0v) is 21.0. The summed E-state index contributed by atoms with van der Waals surface area (Å²) in [4.78, 5) is 0.728. The molecule has 4 N–H and O–H groups in total. The molecule has 0 unspecified atom stereocenters. The van der Waals surface area contributed by atoms with Gasteiger partial charge in [0.25, 0.3) is 0 Å². The van der Waals surface area contributed by atoms with Crippen LogP contribution in [-0.2, 0) is 25.1 Å². The van der Waals surface area contributed by atoms with Crippen molar-refractivity contribution in [2.24, 2.45) is 0 Å². The largest absolute Gasteiger partial charge is 0.399 e. The summed E-state index contributed by atoms with van der Waals surface area (Å²) >= 11 is 0. The summed E-state index contributed by atoms with van der Waals surface area (Å²) < 4.78 is 51.8. The predicted octanol–water partition coefficient (Wildman–Crippen LogP) is 4.84. The lowest BCUT2D eigenvalue weighted by Crippen LogP contribution is -2.19. The Hall–Kier alpha value is -3.62. The maximum atomic E-state index is 12.9. The highest BCUT2D eigenvalue weighted by molar-refractivity contribution is 7.91. The highest BCUT2D eigenvalue weighted by Gasteiger charge is 2.26. The van der Waals surface area contributed by atoms with E-state index in [1.54, 1.807) is 72.8 Å². The van der Waals surface area contributed by atoms with Crippen LogP contribution in [0.5, 0.6) is 0 Å². The Bertz CT molecular complexity index is 1440. The second kappa shape index (κ2) is 8.87. The highest BCUT2D eigenvalue weighted by Crippen LogP contribution is 2.34. The molecule has 0 amide bonds. The minimum atomic E-state index is -3.66. The van der Waals surface area contributed by atoms with Crippen molar-refractivity contribution in [3.8, 4) is 0 Å². The average molecular weight is 507 g/mol. The van der Waals surface area contributed by atoms with Crippen molar-refractivity contribution >= 4 is 31.0 Å². The molecule has 0 saturated carbocycles. The lowest BCUT2D eigenvalue weighted by molar-refractivity contribution is 0.594. The molecule has 6 nitrogen and oxygen atoms in total. The first-order valence-electron chi connectivity index (χ1n) is 10.8. The summed E-state index contributed by atoms with van der Waals surface area (Å²) in [7, 11) is -7.33. The number of nitrogens with two attached hydrogens (primary N) is 2. The molecule has 4 aromatic rings. The molecule has 0 bridgehead atoms. The van der Waals surface area contributed by atoms with Crippen LogP contribution in [0, 0.1) is 0 Å². The summed E-state index contributed by atoms with van der Waals surface area (Å²) in [6, 6.07) is 25.7. The first-order chi connectivity index (χ1) is 16.4. The maximum absolute atomic E-state index is 12.9. The van der Waals surface area contributed by atoms with E-state index in [9.17, 15) is 16.8 Å². The fraction of sp³-hybridized carbons (Fsp3) is 0.111. The molecule has 0 saturated heterocycles. The first kappa shape index (κ1) is 24.5.